The Hall–Kier alpha value is -0.980. The molecule has 0 amide bonds. The average Bonchev–Trinajstić information content (AvgIpc) is 2.60. The van der Waals surface area contributed by atoms with Crippen LogP contribution in [-0.4, -0.2) is 5.11 Å². The fourth-order valence-electron chi connectivity index (χ4n) is 4.86. The predicted molar refractivity (Wildman–Crippen MR) is 124 cm³/mol. The number of phenols is 1. The second kappa shape index (κ2) is 9.68. The molecule has 0 aromatic heterocycles. The van der Waals surface area contributed by atoms with Crippen molar-refractivity contribution in [2.75, 3.05) is 0 Å². The van der Waals surface area contributed by atoms with Crippen LogP contribution in [0.5, 0.6) is 5.75 Å². The van der Waals surface area contributed by atoms with Gasteiger partial charge in [0.25, 0.3) is 0 Å². The fourth-order valence-corrected chi connectivity index (χ4v) is 4.86. The van der Waals surface area contributed by atoms with Gasteiger partial charge in [-0.05, 0) is 65.0 Å². The molecular formula is C27H46O. The third-order valence-corrected chi connectivity index (χ3v) is 6.78. The van der Waals surface area contributed by atoms with Crippen LogP contribution < -0.4 is 0 Å². The molecule has 0 unspecified atom stereocenters. The van der Waals surface area contributed by atoms with Crippen molar-refractivity contribution >= 4 is 0 Å². The Morgan fingerprint density at radius 1 is 0.786 bits per heavy atom. The Kier molecular flexibility index (Phi) is 8.06. The maximum Gasteiger partial charge on any atom is 0.123 e. The van der Waals surface area contributed by atoms with E-state index in [0.717, 1.165) is 17.0 Å². The molecule has 0 atom stereocenters. The van der Waals surface area contributed by atoms with E-state index < -0.39 is 0 Å². The minimum absolute atomic E-state index is 0.0320. The molecule has 1 N–H and O–H groups in total. The molecule has 0 aliphatic heterocycles. The molecule has 0 heterocycles. The van der Waals surface area contributed by atoms with E-state index in [1.807, 2.05) is 0 Å². The Bertz CT molecular complexity index is 571. The lowest BCUT2D eigenvalue weighted by atomic mass is 9.73. The van der Waals surface area contributed by atoms with Gasteiger partial charge in [-0.3, -0.25) is 0 Å². The van der Waals surface area contributed by atoms with Crippen LogP contribution in [0.25, 0.3) is 0 Å². The fraction of sp³-hybridized carbons (Fsp3) is 0.778. The highest BCUT2D eigenvalue weighted by molar-refractivity contribution is 5.50. The van der Waals surface area contributed by atoms with Crippen molar-refractivity contribution in [3.05, 3.63) is 28.8 Å². The lowest BCUT2D eigenvalue weighted by Gasteiger charge is -2.33. The lowest BCUT2D eigenvalue weighted by Crippen LogP contribution is -2.20. The molecule has 1 aromatic carbocycles. The third kappa shape index (κ3) is 6.26. The number of hydrogen-bond acceptors (Lipinski definition) is 1. The maximum atomic E-state index is 11.0. The van der Waals surface area contributed by atoms with E-state index in [1.165, 1.54) is 69.8 Å². The third-order valence-electron chi connectivity index (χ3n) is 6.78. The van der Waals surface area contributed by atoms with Crippen molar-refractivity contribution in [1.82, 2.24) is 0 Å². The second-order valence-electron chi connectivity index (χ2n) is 11.4. The van der Waals surface area contributed by atoms with Crippen molar-refractivity contribution in [1.29, 1.82) is 0 Å². The summed E-state index contributed by atoms with van der Waals surface area (Å²) >= 11 is 0. The summed E-state index contributed by atoms with van der Waals surface area (Å²) in [6.45, 7) is 15.6. The van der Waals surface area contributed by atoms with Crippen LogP contribution in [0.1, 0.15) is 135 Å². The molecule has 0 bridgehead atoms. The zero-order valence-electron chi connectivity index (χ0n) is 19.8. The summed E-state index contributed by atoms with van der Waals surface area (Å²) in [4.78, 5) is 0. The maximum absolute atomic E-state index is 11.0. The van der Waals surface area contributed by atoms with Gasteiger partial charge in [-0.1, -0.05) is 99.1 Å². The standard InChI is InChI=1S/C27H46O/c1-8-9-10-11-12-13-20-14-16-21(17-15-20)22-18-23(26(2,3)4)25(28)24(19-22)27(5,6)7/h18-21,28H,8-17H2,1-7H3. The van der Waals surface area contributed by atoms with Crippen LogP contribution in [0.3, 0.4) is 0 Å². The van der Waals surface area contributed by atoms with Crippen molar-refractivity contribution in [3.63, 3.8) is 0 Å². The summed E-state index contributed by atoms with van der Waals surface area (Å²) in [5.74, 6) is 2.13. The predicted octanol–water partition coefficient (Wildman–Crippen LogP) is 8.62. The average molecular weight is 387 g/mol. The molecule has 1 fully saturated rings. The van der Waals surface area contributed by atoms with Crippen LogP contribution >= 0.6 is 0 Å². The van der Waals surface area contributed by atoms with Crippen LogP contribution in [0.15, 0.2) is 12.1 Å². The Morgan fingerprint density at radius 3 is 1.75 bits per heavy atom. The monoisotopic (exact) mass is 386 g/mol. The largest absolute Gasteiger partial charge is 0.507 e. The number of unbranched alkanes of at least 4 members (excludes halogenated alkanes) is 4. The van der Waals surface area contributed by atoms with Crippen LogP contribution in [-0.2, 0) is 10.8 Å². The van der Waals surface area contributed by atoms with Crippen LogP contribution in [0.4, 0.5) is 0 Å². The van der Waals surface area contributed by atoms with Gasteiger partial charge in [-0.25, -0.2) is 0 Å². The van der Waals surface area contributed by atoms with Crippen molar-refractivity contribution in [3.8, 4) is 5.75 Å². The molecule has 1 aromatic rings. The Labute approximate surface area is 175 Å². The quantitative estimate of drug-likeness (QED) is 0.465. The van der Waals surface area contributed by atoms with Crippen molar-refractivity contribution < 1.29 is 5.11 Å². The topological polar surface area (TPSA) is 20.2 Å². The molecule has 1 saturated carbocycles. The van der Waals surface area contributed by atoms with Gasteiger partial charge < -0.3 is 5.11 Å². The minimum atomic E-state index is -0.0320. The molecule has 1 aliphatic rings. The smallest absolute Gasteiger partial charge is 0.123 e. The van der Waals surface area contributed by atoms with Gasteiger partial charge in [-0.2, -0.15) is 0 Å². The van der Waals surface area contributed by atoms with Gasteiger partial charge in [-0.15, -0.1) is 0 Å². The zero-order valence-corrected chi connectivity index (χ0v) is 19.8. The molecule has 1 nitrogen and oxygen atoms in total. The van der Waals surface area contributed by atoms with E-state index in [2.05, 4.69) is 60.6 Å². The van der Waals surface area contributed by atoms with Gasteiger partial charge in [0.15, 0.2) is 0 Å². The van der Waals surface area contributed by atoms with E-state index in [4.69, 9.17) is 0 Å². The summed E-state index contributed by atoms with van der Waals surface area (Å²) in [6.07, 6.45) is 13.9. The summed E-state index contributed by atoms with van der Waals surface area (Å²) in [6, 6.07) is 4.64. The molecule has 160 valence electrons. The highest BCUT2D eigenvalue weighted by atomic mass is 16.3. The number of aromatic hydroxyl groups is 1. The van der Waals surface area contributed by atoms with Gasteiger partial charge in [0, 0.05) is 0 Å². The minimum Gasteiger partial charge on any atom is -0.507 e. The molecule has 1 aliphatic carbocycles. The van der Waals surface area contributed by atoms with Gasteiger partial charge >= 0.3 is 0 Å². The molecule has 0 saturated heterocycles. The highest BCUT2D eigenvalue weighted by Crippen LogP contribution is 2.44. The summed E-state index contributed by atoms with van der Waals surface area (Å²) in [7, 11) is 0. The number of phenolic OH excluding ortho intramolecular Hbond substituents is 1. The summed E-state index contributed by atoms with van der Waals surface area (Å²) in [5.41, 5.74) is 3.64. The normalized spacial score (nSPS) is 21.1. The molecule has 2 rings (SSSR count). The van der Waals surface area contributed by atoms with Crippen LogP contribution in [0, 0.1) is 5.92 Å². The van der Waals surface area contributed by atoms with Crippen molar-refractivity contribution in [2.24, 2.45) is 5.92 Å². The molecular weight excluding hydrogens is 340 g/mol. The Balaban J connectivity index is 2.08. The first kappa shape index (κ1) is 23.3. The van der Waals surface area contributed by atoms with Gasteiger partial charge in [0.2, 0.25) is 0 Å². The Morgan fingerprint density at radius 2 is 1.29 bits per heavy atom. The summed E-state index contributed by atoms with van der Waals surface area (Å²) < 4.78 is 0. The number of hydrogen-bond donors (Lipinski definition) is 1. The number of rotatable bonds is 7. The van der Waals surface area contributed by atoms with Gasteiger partial charge in [0.1, 0.15) is 5.75 Å². The summed E-state index contributed by atoms with van der Waals surface area (Å²) in [5, 5.41) is 11.0. The van der Waals surface area contributed by atoms with Gasteiger partial charge in [0.05, 0.1) is 0 Å². The van der Waals surface area contributed by atoms with Crippen LogP contribution in [0.2, 0.25) is 0 Å². The molecule has 0 radical (unpaired) electrons. The molecule has 0 spiro atoms. The second-order valence-corrected chi connectivity index (χ2v) is 11.4. The lowest BCUT2D eigenvalue weighted by molar-refractivity contribution is 0.301. The van der Waals surface area contributed by atoms with E-state index in [0.29, 0.717) is 11.7 Å². The SMILES string of the molecule is CCCCCCCC1CCC(c2cc(C(C)(C)C)c(O)c(C(C)(C)C)c2)CC1. The van der Waals surface area contributed by atoms with E-state index in [1.54, 1.807) is 0 Å². The first-order chi connectivity index (χ1) is 13.0. The van der Waals surface area contributed by atoms with E-state index >= 15 is 0 Å². The highest BCUT2D eigenvalue weighted by Gasteiger charge is 2.29. The van der Waals surface area contributed by atoms with Crippen molar-refractivity contribution in [2.45, 2.75) is 129 Å². The van der Waals surface area contributed by atoms with E-state index in [9.17, 15) is 5.11 Å². The number of benzene rings is 1. The first-order valence-corrected chi connectivity index (χ1v) is 11.9. The molecule has 1 heteroatoms. The first-order valence-electron chi connectivity index (χ1n) is 11.9. The molecule has 28 heavy (non-hydrogen) atoms. The zero-order chi connectivity index (χ0) is 20.9. The van der Waals surface area contributed by atoms with E-state index in [-0.39, 0.29) is 10.8 Å².